The molecule has 2 rings (SSSR count). The van der Waals surface area contributed by atoms with E-state index in [4.69, 9.17) is 5.02 Å². The first-order valence-corrected chi connectivity index (χ1v) is 6.45. The molecule has 0 bridgehead atoms. The van der Waals surface area contributed by atoms with Crippen LogP contribution in [0.4, 0.5) is 0 Å². The Kier molecular flexibility index (Phi) is 4.57. The standard InChI is InChI=1S/C13H21BN2O/c1-15-13-4-2-11(3-5-13)10-16-8-6-12(14-17)7-9-16/h6-9,11,13,15,17H,2-5,10H2,1H3/q+1. The van der Waals surface area contributed by atoms with E-state index >= 15 is 0 Å². The van der Waals surface area contributed by atoms with Crippen LogP contribution in [0.3, 0.4) is 0 Å². The van der Waals surface area contributed by atoms with Gasteiger partial charge in [0.2, 0.25) is 0 Å². The Labute approximate surface area is 104 Å². The maximum absolute atomic E-state index is 8.86. The second-order valence-corrected chi connectivity index (χ2v) is 4.96. The van der Waals surface area contributed by atoms with Crippen molar-refractivity contribution in [3.05, 3.63) is 24.5 Å². The molecule has 0 amide bonds. The molecule has 0 saturated heterocycles. The van der Waals surface area contributed by atoms with E-state index < -0.39 is 0 Å². The van der Waals surface area contributed by atoms with Gasteiger partial charge in [-0.3, -0.25) is 0 Å². The highest BCUT2D eigenvalue weighted by Gasteiger charge is 2.22. The van der Waals surface area contributed by atoms with Crippen molar-refractivity contribution in [2.24, 2.45) is 5.92 Å². The topological polar surface area (TPSA) is 36.1 Å². The van der Waals surface area contributed by atoms with Crippen molar-refractivity contribution < 1.29 is 9.59 Å². The second-order valence-electron chi connectivity index (χ2n) is 4.96. The van der Waals surface area contributed by atoms with Crippen LogP contribution in [-0.4, -0.2) is 25.6 Å². The molecule has 1 saturated carbocycles. The molecule has 0 aliphatic heterocycles. The van der Waals surface area contributed by atoms with Gasteiger partial charge in [-0.25, -0.2) is 4.57 Å². The molecule has 4 heteroatoms. The van der Waals surface area contributed by atoms with E-state index in [1.165, 1.54) is 25.7 Å². The largest absolute Gasteiger partial charge is 0.450 e. The maximum atomic E-state index is 8.86. The molecule has 1 aromatic heterocycles. The summed E-state index contributed by atoms with van der Waals surface area (Å²) < 4.78 is 2.22. The zero-order valence-electron chi connectivity index (χ0n) is 10.5. The SMILES string of the molecule is CNC1CCC(C[n+]2ccc([B]O)cc2)CC1. The highest BCUT2D eigenvalue weighted by Crippen LogP contribution is 2.23. The summed E-state index contributed by atoms with van der Waals surface area (Å²) in [7, 11) is 3.20. The highest BCUT2D eigenvalue weighted by atomic mass is 16.2. The van der Waals surface area contributed by atoms with Crippen molar-refractivity contribution in [3.63, 3.8) is 0 Å². The van der Waals surface area contributed by atoms with Crippen LogP contribution in [0.25, 0.3) is 0 Å². The number of hydrogen-bond acceptors (Lipinski definition) is 2. The number of rotatable bonds is 4. The lowest BCUT2D eigenvalue weighted by Crippen LogP contribution is -2.41. The van der Waals surface area contributed by atoms with Crippen LogP contribution in [0, 0.1) is 5.92 Å². The summed E-state index contributed by atoms with van der Waals surface area (Å²) in [5.41, 5.74) is 0.861. The lowest BCUT2D eigenvalue weighted by atomic mass is 9.86. The predicted octanol–water partition coefficient (Wildman–Crippen LogP) is -0.0109. The molecule has 1 aromatic rings. The van der Waals surface area contributed by atoms with Crippen LogP contribution in [0.15, 0.2) is 24.5 Å². The van der Waals surface area contributed by atoms with Gasteiger partial charge in [-0.05, 0) is 50.3 Å². The van der Waals surface area contributed by atoms with Gasteiger partial charge in [0.15, 0.2) is 18.9 Å². The van der Waals surface area contributed by atoms with Crippen LogP contribution in [0.1, 0.15) is 25.7 Å². The molecule has 0 spiro atoms. The van der Waals surface area contributed by atoms with Crippen LogP contribution < -0.4 is 15.3 Å². The van der Waals surface area contributed by atoms with Gasteiger partial charge in [0.1, 0.15) is 0 Å². The first kappa shape index (κ1) is 12.6. The lowest BCUT2D eigenvalue weighted by Gasteiger charge is -2.26. The molecule has 0 atom stereocenters. The first-order chi connectivity index (χ1) is 8.31. The van der Waals surface area contributed by atoms with E-state index in [1.807, 2.05) is 24.5 Å². The summed E-state index contributed by atoms with van der Waals surface area (Å²) in [4.78, 5) is 0. The van der Waals surface area contributed by atoms with Gasteiger partial charge in [0.25, 0.3) is 0 Å². The molecule has 3 nitrogen and oxygen atoms in total. The zero-order valence-corrected chi connectivity index (χ0v) is 10.5. The van der Waals surface area contributed by atoms with Gasteiger partial charge >= 0.3 is 7.48 Å². The average molecular weight is 232 g/mol. The minimum Gasteiger partial charge on any atom is -0.450 e. The van der Waals surface area contributed by atoms with Crippen LogP contribution in [0.5, 0.6) is 0 Å². The molecule has 1 heterocycles. The summed E-state index contributed by atoms with van der Waals surface area (Å²) in [6, 6.07) is 4.61. The third-order valence-electron chi connectivity index (χ3n) is 3.79. The van der Waals surface area contributed by atoms with Crippen LogP contribution >= 0.6 is 0 Å². The predicted molar refractivity (Wildman–Crippen MR) is 69.0 cm³/mol. The fourth-order valence-electron chi connectivity index (χ4n) is 2.61. The van der Waals surface area contributed by atoms with Crippen LogP contribution in [-0.2, 0) is 6.54 Å². The summed E-state index contributed by atoms with van der Waals surface area (Å²) in [5, 5.41) is 12.2. The van der Waals surface area contributed by atoms with Crippen molar-refractivity contribution in [2.75, 3.05) is 7.05 Å². The summed E-state index contributed by atoms with van der Waals surface area (Å²) in [6.45, 7) is 1.10. The maximum Gasteiger partial charge on any atom is 0.327 e. The Morgan fingerprint density at radius 1 is 1.29 bits per heavy atom. The molecule has 17 heavy (non-hydrogen) atoms. The van der Waals surface area contributed by atoms with Crippen molar-refractivity contribution in [1.82, 2.24) is 5.32 Å². The van der Waals surface area contributed by atoms with Gasteiger partial charge < -0.3 is 10.3 Å². The fraction of sp³-hybridized carbons (Fsp3) is 0.615. The molecule has 1 aliphatic rings. The number of hydrogen-bond donors (Lipinski definition) is 2. The smallest absolute Gasteiger partial charge is 0.327 e. The van der Waals surface area contributed by atoms with Crippen molar-refractivity contribution in [3.8, 4) is 0 Å². The molecule has 1 aliphatic carbocycles. The minimum absolute atomic E-state index is 0.725. The second kappa shape index (κ2) is 6.17. The monoisotopic (exact) mass is 232 g/mol. The molecular formula is C13H21BN2O+. The van der Waals surface area contributed by atoms with E-state index in [-0.39, 0.29) is 0 Å². The molecule has 2 N–H and O–H groups in total. The Morgan fingerprint density at radius 2 is 1.94 bits per heavy atom. The summed E-state index contributed by atoms with van der Waals surface area (Å²) >= 11 is 0. The minimum atomic E-state index is 0.725. The number of pyridine rings is 1. The Hall–Kier alpha value is -0.865. The van der Waals surface area contributed by atoms with Crippen molar-refractivity contribution in [1.29, 1.82) is 0 Å². The molecule has 91 valence electrons. The molecule has 0 unspecified atom stereocenters. The third kappa shape index (κ3) is 3.55. The van der Waals surface area contributed by atoms with E-state index in [2.05, 4.69) is 16.9 Å². The molecule has 1 radical (unpaired) electrons. The van der Waals surface area contributed by atoms with Gasteiger partial charge in [-0.2, -0.15) is 0 Å². The van der Waals surface area contributed by atoms with E-state index in [0.717, 1.165) is 31.4 Å². The number of nitrogens with one attached hydrogen (secondary N) is 1. The molecular weight excluding hydrogens is 211 g/mol. The van der Waals surface area contributed by atoms with E-state index in [1.54, 1.807) is 0 Å². The van der Waals surface area contributed by atoms with Crippen molar-refractivity contribution >= 4 is 12.9 Å². The lowest BCUT2D eigenvalue weighted by molar-refractivity contribution is -0.703. The summed E-state index contributed by atoms with van der Waals surface area (Å²) in [5.74, 6) is 0.800. The van der Waals surface area contributed by atoms with Crippen molar-refractivity contribution in [2.45, 2.75) is 38.3 Å². The van der Waals surface area contributed by atoms with Gasteiger partial charge in [0, 0.05) is 12.0 Å². The van der Waals surface area contributed by atoms with Gasteiger partial charge in [0.05, 0.1) is 0 Å². The highest BCUT2D eigenvalue weighted by molar-refractivity contribution is 6.45. The third-order valence-corrected chi connectivity index (χ3v) is 3.79. The van der Waals surface area contributed by atoms with Crippen LogP contribution in [0.2, 0.25) is 0 Å². The Morgan fingerprint density at radius 3 is 2.47 bits per heavy atom. The Bertz CT molecular complexity index is 334. The molecule has 1 fully saturated rings. The summed E-state index contributed by atoms with van der Waals surface area (Å²) in [6.07, 6.45) is 9.31. The van der Waals surface area contributed by atoms with E-state index in [9.17, 15) is 0 Å². The quantitative estimate of drug-likeness (QED) is 0.565. The van der Waals surface area contributed by atoms with Gasteiger partial charge in [-0.15, -0.1) is 0 Å². The number of nitrogens with zero attached hydrogens (tertiary/aromatic N) is 1. The first-order valence-electron chi connectivity index (χ1n) is 6.45. The fourth-order valence-corrected chi connectivity index (χ4v) is 2.61. The van der Waals surface area contributed by atoms with E-state index in [0.29, 0.717) is 0 Å². The zero-order chi connectivity index (χ0) is 12.1. The average Bonchev–Trinajstić information content (AvgIpc) is 2.40. The van der Waals surface area contributed by atoms with Gasteiger partial charge in [-0.1, -0.05) is 0 Å². The Balaban J connectivity index is 1.84. The normalized spacial score (nSPS) is 24.6. The molecule has 0 aromatic carbocycles. The number of aromatic nitrogens is 1.